The number of amides is 2. The first-order valence-corrected chi connectivity index (χ1v) is 13.4. The number of hydrogen-bond donors (Lipinski definition) is 0. The highest BCUT2D eigenvalue weighted by atomic mass is 35.5. The van der Waals surface area contributed by atoms with Crippen molar-refractivity contribution in [3.63, 3.8) is 0 Å². The van der Waals surface area contributed by atoms with E-state index in [-0.39, 0.29) is 11.8 Å². The molecule has 196 valence electrons. The fourth-order valence-electron chi connectivity index (χ4n) is 6.60. The van der Waals surface area contributed by atoms with Gasteiger partial charge in [-0.25, -0.2) is 4.90 Å². The highest BCUT2D eigenvalue weighted by Gasteiger charge is 2.60. The zero-order chi connectivity index (χ0) is 27.1. The van der Waals surface area contributed by atoms with Gasteiger partial charge in [-0.3, -0.25) is 14.4 Å². The number of esters is 1. The van der Waals surface area contributed by atoms with Gasteiger partial charge >= 0.3 is 5.97 Å². The molecule has 7 nitrogen and oxygen atoms in total. The number of hydrogen-bond acceptors (Lipinski definition) is 6. The predicted octanol–water partition coefficient (Wildman–Crippen LogP) is 5.74. The van der Waals surface area contributed by atoms with Gasteiger partial charge in [-0.2, -0.15) is 0 Å². The molecule has 40 heavy (non-hydrogen) atoms. The summed E-state index contributed by atoms with van der Waals surface area (Å²) in [6.07, 6.45) is 1.96. The summed E-state index contributed by atoms with van der Waals surface area (Å²) in [6, 6.07) is 23.8. The van der Waals surface area contributed by atoms with Gasteiger partial charge < -0.3 is 14.2 Å². The highest BCUT2D eigenvalue weighted by molar-refractivity contribution is 6.36. The minimum absolute atomic E-state index is 0.114. The van der Waals surface area contributed by atoms with Gasteiger partial charge in [0.05, 0.1) is 28.5 Å². The lowest BCUT2D eigenvalue weighted by Gasteiger charge is -2.38. The van der Waals surface area contributed by atoms with Gasteiger partial charge in [0.15, 0.2) is 11.5 Å². The summed E-state index contributed by atoms with van der Waals surface area (Å²) in [7, 11) is 0. The van der Waals surface area contributed by atoms with Gasteiger partial charge in [0.1, 0.15) is 5.75 Å². The molecule has 2 amide bonds. The Hall–Kier alpha value is -4.62. The summed E-state index contributed by atoms with van der Waals surface area (Å²) in [4.78, 5) is 43.2. The number of carbonyl (C=O) groups excluding carboxylic acids is 3. The molecule has 4 atom stereocenters. The summed E-state index contributed by atoms with van der Waals surface area (Å²) in [5.74, 6) is -3.02. The van der Waals surface area contributed by atoms with Crippen molar-refractivity contribution >= 4 is 51.4 Å². The second-order valence-corrected chi connectivity index (χ2v) is 10.7. The van der Waals surface area contributed by atoms with Crippen molar-refractivity contribution in [2.75, 3.05) is 11.7 Å². The molecule has 3 heterocycles. The van der Waals surface area contributed by atoms with E-state index >= 15 is 0 Å². The van der Waals surface area contributed by atoms with Crippen LogP contribution in [0.3, 0.4) is 0 Å². The molecule has 0 N–H and O–H groups in total. The zero-order valence-electron chi connectivity index (χ0n) is 20.9. The molecule has 1 fully saturated rings. The van der Waals surface area contributed by atoms with Gasteiger partial charge in [0.25, 0.3) is 0 Å². The maximum atomic E-state index is 14.2. The smallest absolute Gasteiger partial charge is 0.319 e. The van der Waals surface area contributed by atoms with Crippen molar-refractivity contribution in [1.82, 2.24) is 0 Å². The molecule has 0 spiro atoms. The van der Waals surface area contributed by atoms with Crippen LogP contribution in [0.1, 0.15) is 17.0 Å². The molecule has 4 aromatic rings. The average molecular weight is 550 g/mol. The summed E-state index contributed by atoms with van der Waals surface area (Å²) in [5.41, 5.74) is 2.51. The van der Waals surface area contributed by atoms with Crippen LogP contribution in [0, 0.1) is 17.8 Å². The Morgan fingerprint density at radius 2 is 1.57 bits per heavy atom. The molecule has 0 unspecified atom stereocenters. The molecule has 4 aromatic carbocycles. The summed E-state index contributed by atoms with van der Waals surface area (Å²) < 4.78 is 17.1. The number of ether oxygens (including phenoxy) is 3. The van der Waals surface area contributed by atoms with Crippen LogP contribution in [0.15, 0.2) is 84.9 Å². The van der Waals surface area contributed by atoms with Crippen molar-refractivity contribution in [2.24, 2.45) is 17.8 Å². The Bertz CT molecular complexity index is 1830. The molecule has 1 saturated heterocycles. The van der Waals surface area contributed by atoms with E-state index in [1.807, 2.05) is 54.6 Å². The third kappa shape index (κ3) is 3.15. The van der Waals surface area contributed by atoms with Crippen molar-refractivity contribution in [3.05, 3.63) is 101 Å². The average Bonchev–Trinajstić information content (AvgIpc) is 3.54. The lowest BCUT2D eigenvalue weighted by Crippen LogP contribution is -2.42. The Morgan fingerprint density at radius 3 is 2.45 bits per heavy atom. The van der Waals surface area contributed by atoms with E-state index in [2.05, 4.69) is 0 Å². The normalized spacial score (nSPS) is 24.4. The monoisotopic (exact) mass is 549 g/mol. The molecule has 0 saturated carbocycles. The van der Waals surface area contributed by atoms with E-state index in [1.165, 1.54) is 0 Å². The number of para-hydroxylation sites is 1. The van der Waals surface area contributed by atoms with Crippen LogP contribution in [0.25, 0.3) is 16.3 Å². The van der Waals surface area contributed by atoms with Crippen molar-refractivity contribution in [2.45, 2.75) is 5.92 Å². The van der Waals surface area contributed by atoms with Crippen LogP contribution in [0.5, 0.6) is 17.2 Å². The Balaban J connectivity index is 1.35. The second kappa shape index (κ2) is 8.44. The van der Waals surface area contributed by atoms with Crippen molar-refractivity contribution in [1.29, 1.82) is 0 Å². The van der Waals surface area contributed by atoms with E-state index in [0.717, 1.165) is 26.8 Å². The van der Waals surface area contributed by atoms with Crippen LogP contribution in [-0.2, 0) is 14.4 Å². The Kier molecular flexibility index (Phi) is 4.91. The fraction of sp³-hybridized carbons (Fsp3) is 0.156. The molecule has 0 aromatic heterocycles. The number of halogens is 1. The van der Waals surface area contributed by atoms with Crippen molar-refractivity contribution in [3.8, 4) is 17.2 Å². The first kappa shape index (κ1) is 23.3. The van der Waals surface area contributed by atoms with Crippen molar-refractivity contribution < 1.29 is 28.6 Å². The van der Waals surface area contributed by atoms with E-state index in [0.29, 0.717) is 28.5 Å². The van der Waals surface area contributed by atoms with Crippen LogP contribution in [0.2, 0.25) is 5.02 Å². The van der Waals surface area contributed by atoms with Crippen LogP contribution in [-0.4, -0.2) is 24.6 Å². The topological polar surface area (TPSA) is 82.1 Å². The third-order valence-corrected chi connectivity index (χ3v) is 8.68. The number of benzene rings is 4. The maximum Gasteiger partial charge on any atom is 0.319 e. The van der Waals surface area contributed by atoms with E-state index < -0.39 is 41.5 Å². The van der Waals surface area contributed by atoms with Gasteiger partial charge in [0, 0.05) is 16.9 Å². The zero-order valence-corrected chi connectivity index (χ0v) is 21.6. The Morgan fingerprint density at radius 1 is 0.800 bits per heavy atom. The number of anilines is 1. The minimum atomic E-state index is -0.966. The number of allylic oxidation sites excluding steroid dienone is 1. The molecule has 8 heteroatoms. The largest absolute Gasteiger partial charge is 0.454 e. The van der Waals surface area contributed by atoms with Crippen LogP contribution < -0.4 is 19.1 Å². The van der Waals surface area contributed by atoms with Gasteiger partial charge in [-0.15, -0.1) is 0 Å². The molecule has 0 bridgehead atoms. The lowest BCUT2D eigenvalue weighted by molar-refractivity contribution is -0.142. The third-order valence-electron chi connectivity index (χ3n) is 8.36. The van der Waals surface area contributed by atoms with Crippen LogP contribution >= 0.6 is 11.6 Å². The summed E-state index contributed by atoms with van der Waals surface area (Å²) in [5, 5.41) is 2.02. The predicted molar refractivity (Wildman–Crippen MR) is 147 cm³/mol. The molecule has 0 radical (unpaired) electrons. The number of rotatable bonds is 2. The number of carbonyl (C=O) groups is 3. The highest BCUT2D eigenvalue weighted by Crippen LogP contribution is 2.56. The number of imide groups is 1. The minimum Gasteiger partial charge on any atom is -0.454 e. The molecule has 1 aliphatic carbocycles. The maximum absolute atomic E-state index is 14.2. The number of nitrogens with zero attached hydrogens (tertiary/aromatic N) is 1. The van der Waals surface area contributed by atoms with Gasteiger partial charge in [-0.1, -0.05) is 72.3 Å². The quantitative estimate of drug-likeness (QED) is 0.180. The van der Waals surface area contributed by atoms with E-state index in [4.69, 9.17) is 25.8 Å². The van der Waals surface area contributed by atoms with E-state index in [9.17, 15) is 14.4 Å². The van der Waals surface area contributed by atoms with E-state index in [1.54, 1.807) is 30.3 Å². The standard InChI is InChI=1S/C32H20ClNO6/c33-22-7-3-4-8-23(22)34-30(35)26-20(17-10-12-24-25(13-17)39-15-38-24)14-21-19-11-9-16-5-1-2-6-18(16)29(19)40-32(37)27(21)28(26)31(34)36/h1-14,20,26-28H,15H2/t20-,26+,27+,28+/m1/s1. The molecule has 3 aliphatic heterocycles. The molecule has 4 aliphatic rings. The molecular formula is C32H20ClNO6. The second-order valence-electron chi connectivity index (χ2n) is 10.3. The molecule has 8 rings (SSSR count). The fourth-order valence-corrected chi connectivity index (χ4v) is 6.83. The van der Waals surface area contributed by atoms with Crippen LogP contribution in [0.4, 0.5) is 5.69 Å². The van der Waals surface area contributed by atoms with Gasteiger partial charge in [-0.05, 0) is 40.8 Å². The first-order chi connectivity index (χ1) is 19.5. The lowest BCUT2D eigenvalue weighted by atomic mass is 9.64. The van der Waals surface area contributed by atoms with Gasteiger partial charge in [0.2, 0.25) is 18.6 Å². The Labute approximate surface area is 233 Å². The first-order valence-electron chi connectivity index (χ1n) is 13.0. The summed E-state index contributed by atoms with van der Waals surface area (Å²) >= 11 is 6.46. The SMILES string of the molecule is O=C1Oc2c(ccc3ccccc23)C2=C[C@H](c3ccc4c(c3)OCO4)[C@@H]3C(=O)N(c4ccccc4Cl)C(=O)[C@@H]3[C@@H]12. The number of fused-ring (bicyclic) bond motifs is 8. The molecular weight excluding hydrogens is 530 g/mol. The summed E-state index contributed by atoms with van der Waals surface area (Å²) in [6.45, 7) is 0.114.